The summed E-state index contributed by atoms with van der Waals surface area (Å²) in [5, 5.41) is 14.8. The number of benzene rings is 3. The Bertz CT molecular complexity index is 1080. The van der Waals surface area contributed by atoms with E-state index in [1.54, 1.807) is 17.0 Å². The molecule has 0 radical (unpaired) electrons. The molecule has 1 saturated heterocycles. The van der Waals surface area contributed by atoms with E-state index >= 15 is 0 Å². The van der Waals surface area contributed by atoms with E-state index in [1.165, 1.54) is 24.3 Å². The molecule has 1 aliphatic heterocycles. The molecule has 1 heterocycles. The number of nitrogens with zero attached hydrogens (tertiary/aromatic N) is 2. The summed E-state index contributed by atoms with van der Waals surface area (Å²) in [4.78, 5) is 28.8. The fourth-order valence-corrected chi connectivity index (χ4v) is 3.64. The Hall–Kier alpha value is -3.45. The summed E-state index contributed by atoms with van der Waals surface area (Å²) in [6.45, 7) is 2.23. The summed E-state index contributed by atoms with van der Waals surface area (Å²) in [5.74, 6) is -0.757. The van der Waals surface area contributed by atoms with Crippen LogP contribution in [0, 0.1) is 5.82 Å². The summed E-state index contributed by atoms with van der Waals surface area (Å²) in [7, 11) is 0. The second-order valence-electron chi connectivity index (χ2n) is 7.31. The van der Waals surface area contributed by atoms with Crippen molar-refractivity contribution in [1.82, 2.24) is 9.80 Å². The zero-order valence-corrected chi connectivity index (χ0v) is 16.3. The van der Waals surface area contributed by atoms with Crippen LogP contribution in [-0.2, 0) is 4.79 Å². The SMILES string of the molecule is O=C(CN1CCN(C(=O)c2ccc3ccccc3c2O)CC1)Nc1ccc(F)cc1. The quantitative estimate of drug-likeness (QED) is 0.697. The number of aromatic hydroxyl groups is 1. The highest BCUT2D eigenvalue weighted by atomic mass is 19.1. The van der Waals surface area contributed by atoms with Gasteiger partial charge < -0.3 is 15.3 Å². The van der Waals surface area contributed by atoms with E-state index in [9.17, 15) is 19.1 Å². The minimum atomic E-state index is -0.355. The first-order valence-corrected chi connectivity index (χ1v) is 9.79. The zero-order chi connectivity index (χ0) is 21.1. The number of halogens is 1. The molecule has 1 aliphatic rings. The van der Waals surface area contributed by atoms with Crippen LogP contribution in [0.3, 0.4) is 0 Å². The molecular weight excluding hydrogens is 385 g/mol. The summed E-state index contributed by atoms with van der Waals surface area (Å²) in [6, 6.07) is 16.5. The average molecular weight is 407 g/mol. The molecule has 0 spiro atoms. The molecule has 2 N–H and O–H groups in total. The average Bonchev–Trinajstić information content (AvgIpc) is 2.76. The first-order valence-electron chi connectivity index (χ1n) is 9.79. The van der Waals surface area contributed by atoms with Crippen LogP contribution in [0.5, 0.6) is 5.75 Å². The third kappa shape index (κ3) is 4.26. The second kappa shape index (κ2) is 8.51. The Morgan fingerprint density at radius 2 is 1.63 bits per heavy atom. The first-order chi connectivity index (χ1) is 14.5. The van der Waals surface area contributed by atoms with Crippen LogP contribution in [0.2, 0.25) is 0 Å². The Labute approximate surface area is 173 Å². The summed E-state index contributed by atoms with van der Waals surface area (Å²) in [5.41, 5.74) is 0.832. The number of phenols is 1. The van der Waals surface area contributed by atoms with Crippen molar-refractivity contribution in [3.63, 3.8) is 0 Å². The smallest absolute Gasteiger partial charge is 0.257 e. The maximum atomic E-state index is 13.0. The number of hydrogen-bond acceptors (Lipinski definition) is 4. The number of piperazine rings is 1. The van der Waals surface area contributed by atoms with E-state index in [2.05, 4.69) is 5.32 Å². The van der Waals surface area contributed by atoms with Gasteiger partial charge in [0, 0.05) is 37.3 Å². The molecule has 3 aromatic carbocycles. The molecule has 7 heteroatoms. The molecule has 6 nitrogen and oxygen atoms in total. The van der Waals surface area contributed by atoms with Crippen molar-refractivity contribution in [3.8, 4) is 5.75 Å². The molecule has 4 rings (SSSR count). The molecule has 30 heavy (non-hydrogen) atoms. The largest absolute Gasteiger partial charge is 0.506 e. The van der Waals surface area contributed by atoms with Gasteiger partial charge in [-0.15, -0.1) is 0 Å². The van der Waals surface area contributed by atoms with Gasteiger partial charge in [-0.25, -0.2) is 4.39 Å². The molecule has 0 aromatic heterocycles. The normalized spacial score (nSPS) is 14.6. The lowest BCUT2D eigenvalue weighted by Crippen LogP contribution is -2.50. The molecule has 0 atom stereocenters. The highest BCUT2D eigenvalue weighted by molar-refractivity contribution is 6.03. The van der Waals surface area contributed by atoms with Gasteiger partial charge in [-0.2, -0.15) is 0 Å². The first kappa shape index (κ1) is 19.8. The zero-order valence-electron chi connectivity index (χ0n) is 16.3. The number of rotatable bonds is 4. The number of nitrogens with one attached hydrogen (secondary N) is 1. The fraction of sp³-hybridized carbons (Fsp3) is 0.217. The molecule has 0 bridgehead atoms. The Balaban J connectivity index is 1.34. The second-order valence-corrected chi connectivity index (χ2v) is 7.31. The van der Waals surface area contributed by atoms with E-state index in [1.807, 2.05) is 29.2 Å². The van der Waals surface area contributed by atoms with E-state index in [-0.39, 0.29) is 35.5 Å². The summed E-state index contributed by atoms with van der Waals surface area (Å²) in [6.07, 6.45) is 0. The van der Waals surface area contributed by atoms with Gasteiger partial charge in [-0.05, 0) is 35.7 Å². The lowest BCUT2D eigenvalue weighted by molar-refractivity contribution is -0.117. The lowest BCUT2D eigenvalue weighted by Gasteiger charge is -2.34. The van der Waals surface area contributed by atoms with Gasteiger partial charge >= 0.3 is 0 Å². The maximum Gasteiger partial charge on any atom is 0.257 e. The number of carbonyl (C=O) groups is 2. The van der Waals surface area contributed by atoms with Gasteiger partial charge in [-0.1, -0.05) is 30.3 Å². The van der Waals surface area contributed by atoms with Crippen molar-refractivity contribution in [3.05, 3.63) is 72.0 Å². The molecule has 3 aromatic rings. The number of fused-ring (bicyclic) bond motifs is 1. The van der Waals surface area contributed by atoms with Crippen molar-refractivity contribution in [2.75, 3.05) is 38.0 Å². The van der Waals surface area contributed by atoms with E-state index in [0.29, 0.717) is 37.3 Å². The highest BCUT2D eigenvalue weighted by Crippen LogP contribution is 2.29. The molecular formula is C23H22FN3O3. The van der Waals surface area contributed by atoms with Gasteiger partial charge in [0.1, 0.15) is 11.6 Å². The Morgan fingerprint density at radius 3 is 2.37 bits per heavy atom. The third-order valence-electron chi connectivity index (χ3n) is 5.29. The Kier molecular flexibility index (Phi) is 5.63. The van der Waals surface area contributed by atoms with Crippen molar-refractivity contribution in [2.45, 2.75) is 0 Å². The molecule has 0 saturated carbocycles. The predicted octanol–water partition coefficient (Wildman–Crippen LogP) is 3.08. The number of carbonyl (C=O) groups excluding carboxylic acids is 2. The van der Waals surface area contributed by atoms with Crippen molar-refractivity contribution in [1.29, 1.82) is 0 Å². The lowest BCUT2D eigenvalue weighted by atomic mass is 10.0. The summed E-state index contributed by atoms with van der Waals surface area (Å²) < 4.78 is 13.0. The maximum absolute atomic E-state index is 13.0. The minimum Gasteiger partial charge on any atom is -0.506 e. The van der Waals surface area contributed by atoms with E-state index in [4.69, 9.17) is 0 Å². The van der Waals surface area contributed by atoms with Crippen molar-refractivity contribution < 1.29 is 19.1 Å². The van der Waals surface area contributed by atoms with Crippen LogP contribution >= 0.6 is 0 Å². The fourth-order valence-electron chi connectivity index (χ4n) is 3.64. The minimum absolute atomic E-state index is 0.000736. The molecule has 1 fully saturated rings. The highest BCUT2D eigenvalue weighted by Gasteiger charge is 2.25. The molecule has 0 aliphatic carbocycles. The van der Waals surface area contributed by atoms with Gasteiger partial charge in [0.15, 0.2) is 0 Å². The van der Waals surface area contributed by atoms with Crippen LogP contribution in [-0.4, -0.2) is 59.4 Å². The van der Waals surface area contributed by atoms with Gasteiger partial charge in [0.25, 0.3) is 5.91 Å². The van der Waals surface area contributed by atoms with E-state index in [0.717, 1.165) is 5.39 Å². The number of phenolic OH excluding ortho intramolecular Hbond substituents is 1. The topological polar surface area (TPSA) is 72.9 Å². The molecule has 0 unspecified atom stereocenters. The van der Waals surface area contributed by atoms with Crippen LogP contribution in [0.1, 0.15) is 10.4 Å². The van der Waals surface area contributed by atoms with Gasteiger partial charge in [0.05, 0.1) is 12.1 Å². The summed E-state index contributed by atoms with van der Waals surface area (Å²) >= 11 is 0. The number of amides is 2. The predicted molar refractivity (Wildman–Crippen MR) is 113 cm³/mol. The number of anilines is 1. The molecule has 154 valence electrons. The van der Waals surface area contributed by atoms with Gasteiger partial charge in [-0.3, -0.25) is 14.5 Å². The number of hydrogen-bond donors (Lipinski definition) is 2. The van der Waals surface area contributed by atoms with E-state index < -0.39 is 0 Å². The standard InChI is InChI=1S/C23H22FN3O3/c24-17-6-8-18(9-7-17)25-21(28)15-26-11-13-27(14-12-26)23(30)20-10-5-16-3-1-2-4-19(16)22(20)29/h1-10,29H,11-15H2,(H,25,28). The third-order valence-corrected chi connectivity index (χ3v) is 5.29. The van der Waals surface area contributed by atoms with Crippen molar-refractivity contribution in [2.24, 2.45) is 0 Å². The van der Waals surface area contributed by atoms with Crippen molar-refractivity contribution >= 4 is 28.3 Å². The van der Waals surface area contributed by atoms with Crippen LogP contribution in [0.25, 0.3) is 10.8 Å². The Morgan fingerprint density at radius 1 is 0.933 bits per heavy atom. The van der Waals surface area contributed by atoms with Crippen LogP contribution < -0.4 is 5.32 Å². The molecule has 2 amide bonds. The monoisotopic (exact) mass is 407 g/mol. The van der Waals surface area contributed by atoms with Crippen LogP contribution in [0.15, 0.2) is 60.7 Å². The van der Waals surface area contributed by atoms with Gasteiger partial charge in [0.2, 0.25) is 5.91 Å². The van der Waals surface area contributed by atoms with Crippen LogP contribution in [0.4, 0.5) is 10.1 Å².